The fourth-order valence-electron chi connectivity index (χ4n) is 4.54. The second-order valence-electron chi connectivity index (χ2n) is 9.25. The number of benzene rings is 3. The summed E-state index contributed by atoms with van der Waals surface area (Å²) < 4.78 is 5.32. The van der Waals surface area contributed by atoms with E-state index in [4.69, 9.17) is 21.9 Å². The van der Waals surface area contributed by atoms with Crippen LogP contribution in [-0.4, -0.2) is 53.3 Å². The molecule has 11 heteroatoms. The lowest BCUT2D eigenvalue weighted by Gasteiger charge is -2.34. The van der Waals surface area contributed by atoms with Crippen LogP contribution in [-0.2, 0) is 16.0 Å². The van der Waals surface area contributed by atoms with E-state index < -0.39 is 28.9 Å². The number of nitrogens with zero attached hydrogens (tertiary/aromatic N) is 3. The minimum atomic E-state index is -1.05. The van der Waals surface area contributed by atoms with Crippen LogP contribution in [0.15, 0.2) is 90.0 Å². The Labute approximate surface area is 232 Å². The van der Waals surface area contributed by atoms with Crippen molar-refractivity contribution < 1.29 is 19.4 Å². The van der Waals surface area contributed by atoms with E-state index in [9.17, 15) is 19.7 Å². The highest BCUT2D eigenvalue weighted by molar-refractivity contribution is 5.92. The van der Waals surface area contributed by atoms with Crippen LogP contribution in [0.3, 0.4) is 0 Å². The van der Waals surface area contributed by atoms with Gasteiger partial charge in [-0.05, 0) is 48.1 Å². The number of nitro groups is 1. The first-order chi connectivity index (χ1) is 19.2. The number of hydrogen-bond donors (Lipinski definition) is 3. The average molecular weight is 547 g/mol. The summed E-state index contributed by atoms with van der Waals surface area (Å²) in [6.45, 7) is 0.170. The van der Waals surface area contributed by atoms with Crippen molar-refractivity contribution in [1.29, 1.82) is 0 Å². The third-order valence-electron chi connectivity index (χ3n) is 6.60. The van der Waals surface area contributed by atoms with Gasteiger partial charge in [-0.15, -0.1) is 0 Å². The largest absolute Gasteiger partial charge is 0.497 e. The van der Waals surface area contributed by atoms with E-state index in [1.54, 1.807) is 7.11 Å². The number of amides is 2. The third-order valence-corrected chi connectivity index (χ3v) is 6.60. The highest BCUT2D eigenvalue weighted by Gasteiger charge is 2.34. The van der Waals surface area contributed by atoms with Gasteiger partial charge in [-0.3, -0.25) is 9.59 Å². The summed E-state index contributed by atoms with van der Waals surface area (Å²) in [7, 11) is 1.57. The van der Waals surface area contributed by atoms with Gasteiger partial charge in [-0.1, -0.05) is 72.8 Å². The number of ether oxygens (including phenoxy) is 1. The quantitative estimate of drug-likeness (QED) is 0.120. The van der Waals surface area contributed by atoms with Gasteiger partial charge >= 0.3 is 0 Å². The maximum absolute atomic E-state index is 14.4. The predicted molar refractivity (Wildman–Crippen MR) is 152 cm³/mol. The lowest BCUT2D eigenvalue weighted by atomic mass is 9.89. The number of primary amides is 1. The number of methoxy groups -OCH3 is 1. The van der Waals surface area contributed by atoms with Crippen molar-refractivity contribution in [3.05, 3.63) is 112 Å². The molecule has 0 aliphatic heterocycles. The molecule has 11 nitrogen and oxygen atoms in total. The van der Waals surface area contributed by atoms with Gasteiger partial charge in [0.2, 0.25) is 11.8 Å². The minimum Gasteiger partial charge on any atom is -0.497 e. The molecule has 1 unspecified atom stereocenters. The minimum absolute atomic E-state index is 0.0323. The second-order valence-corrected chi connectivity index (χ2v) is 9.25. The molecule has 0 aromatic heterocycles. The van der Waals surface area contributed by atoms with Gasteiger partial charge in [-0.25, -0.2) is 10.1 Å². The van der Waals surface area contributed by atoms with Crippen LogP contribution in [0.25, 0.3) is 0 Å². The van der Waals surface area contributed by atoms with Crippen LogP contribution in [0.1, 0.15) is 35.4 Å². The van der Waals surface area contributed by atoms with E-state index in [0.29, 0.717) is 12.2 Å². The average Bonchev–Trinajstić information content (AvgIpc) is 2.95. The van der Waals surface area contributed by atoms with Crippen LogP contribution in [0.4, 0.5) is 0 Å². The van der Waals surface area contributed by atoms with Crippen molar-refractivity contribution >= 4 is 17.6 Å². The maximum atomic E-state index is 14.4. The molecule has 0 aliphatic rings. The first kappa shape index (κ1) is 29.8. The number of rotatable bonds is 14. The summed E-state index contributed by atoms with van der Waals surface area (Å²) in [5, 5.41) is 12.8. The lowest BCUT2D eigenvalue weighted by molar-refractivity contribution is -0.485. The monoisotopic (exact) mass is 546 g/mol. The zero-order valence-electron chi connectivity index (χ0n) is 22.3. The molecule has 3 rings (SSSR count). The Morgan fingerprint density at radius 3 is 2.08 bits per heavy atom. The molecule has 3 aromatic rings. The van der Waals surface area contributed by atoms with Crippen LogP contribution >= 0.6 is 0 Å². The first-order valence-electron chi connectivity index (χ1n) is 12.8. The molecule has 0 aliphatic carbocycles. The van der Waals surface area contributed by atoms with E-state index in [1.165, 1.54) is 4.90 Å². The molecule has 0 heterocycles. The molecule has 3 aromatic carbocycles. The van der Waals surface area contributed by atoms with Gasteiger partial charge in [0.05, 0.1) is 24.2 Å². The van der Waals surface area contributed by atoms with Crippen molar-refractivity contribution in [3.8, 4) is 5.75 Å². The number of hydrogen-bond acceptors (Lipinski definition) is 6. The number of carbonyl (C=O) groups excluding carboxylic acids is 2. The summed E-state index contributed by atoms with van der Waals surface area (Å²) in [4.78, 5) is 39.4. The summed E-state index contributed by atoms with van der Waals surface area (Å²) in [5.41, 5.74) is 19.9. The molecule has 2 amide bonds. The maximum Gasteiger partial charge on any atom is 0.240 e. The molecule has 0 saturated heterocycles. The molecule has 0 saturated carbocycles. The topological polar surface area (TPSA) is 180 Å². The number of amidine groups is 1. The molecular weight excluding hydrogens is 512 g/mol. The Balaban J connectivity index is 1.99. The van der Waals surface area contributed by atoms with Crippen LogP contribution < -0.4 is 21.9 Å². The SMILES string of the molecule is COc1cccc(CCN(C(=O)C(c2ccccc2)c2ccccc2)[C@@H](CCC(N)C(N)=N[N+](=O)[O-])C(N)=O)c1. The molecular formula is C29H34N6O5. The van der Waals surface area contributed by atoms with Crippen molar-refractivity contribution in [1.82, 2.24) is 4.90 Å². The standard InChI is InChI=1S/C29H34N6O5/c1-40-23-14-8-9-20(19-23)17-18-34(25(28(32)36)16-15-24(30)27(31)33-35(38)39)29(37)26(21-10-4-2-5-11-21)22-12-6-3-7-13-22/h2-14,19,24-26H,15-18,30H2,1H3,(H2,31,33)(H2,32,36)/t24?,25-/m0/s1. The van der Waals surface area contributed by atoms with Gasteiger partial charge < -0.3 is 26.8 Å². The Kier molecular flexibility index (Phi) is 10.7. The fourth-order valence-corrected chi connectivity index (χ4v) is 4.54. The van der Waals surface area contributed by atoms with E-state index in [0.717, 1.165) is 16.7 Å². The Hall–Kier alpha value is -4.77. The summed E-state index contributed by atoms with van der Waals surface area (Å²) in [5.74, 6) is -1.46. The van der Waals surface area contributed by atoms with E-state index in [-0.39, 0.29) is 31.1 Å². The molecule has 0 spiro atoms. The van der Waals surface area contributed by atoms with E-state index in [1.807, 2.05) is 84.9 Å². The van der Waals surface area contributed by atoms with Crippen LogP contribution in [0.2, 0.25) is 0 Å². The van der Waals surface area contributed by atoms with Gasteiger partial charge in [0.1, 0.15) is 11.8 Å². The molecule has 0 bridgehead atoms. The normalized spacial score (nSPS) is 12.9. The highest BCUT2D eigenvalue weighted by atomic mass is 16.7. The molecule has 0 fully saturated rings. The van der Waals surface area contributed by atoms with Crippen molar-refractivity contribution in [2.45, 2.75) is 37.3 Å². The van der Waals surface area contributed by atoms with E-state index >= 15 is 0 Å². The highest BCUT2D eigenvalue weighted by Crippen LogP contribution is 2.29. The molecule has 40 heavy (non-hydrogen) atoms. The second kappa shape index (κ2) is 14.4. The van der Waals surface area contributed by atoms with Crippen molar-refractivity contribution in [2.75, 3.05) is 13.7 Å². The smallest absolute Gasteiger partial charge is 0.240 e. The molecule has 6 N–H and O–H groups in total. The van der Waals surface area contributed by atoms with Crippen LogP contribution in [0.5, 0.6) is 5.75 Å². The van der Waals surface area contributed by atoms with Gasteiger partial charge in [-0.2, -0.15) is 0 Å². The number of carbonyl (C=O) groups is 2. The summed E-state index contributed by atoms with van der Waals surface area (Å²) in [6.07, 6.45) is 0.492. The Morgan fingerprint density at radius 2 is 1.55 bits per heavy atom. The zero-order chi connectivity index (χ0) is 29.1. The van der Waals surface area contributed by atoms with Crippen molar-refractivity contribution in [3.63, 3.8) is 0 Å². The van der Waals surface area contributed by atoms with E-state index in [2.05, 4.69) is 5.10 Å². The van der Waals surface area contributed by atoms with Gasteiger partial charge in [0.25, 0.3) is 0 Å². The number of nitrogens with two attached hydrogens (primary N) is 3. The molecule has 0 radical (unpaired) electrons. The van der Waals surface area contributed by atoms with Crippen LogP contribution in [0, 0.1) is 10.1 Å². The zero-order valence-corrected chi connectivity index (χ0v) is 22.3. The number of hydrazone groups is 1. The van der Waals surface area contributed by atoms with Gasteiger partial charge in [0, 0.05) is 6.54 Å². The van der Waals surface area contributed by atoms with Gasteiger partial charge in [0.15, 0.2) is 10.9 Å². The molecule has 210 valence electrons. The summed E-state index contributed by atoms with van der Waals surface area (Å²) >= 11 is 0. The Bertz CT molecular complexity index is 1280. The molecule has 2 atom stereocenters. The lowest BCUT2D eigenvalue weighted by Crippen LogP contribution is -2.51. The Morgan fingerprint density at radius 1 is 0.950 bits per heavy atom. The fraction of sp³-hybridized carbons (Fsp3) is 0.276. The summed E-state index contributed by atoms with van der Waals surface area (Å²) in [6, 6.07) is 23.9. The first-order valence-corrected chi connectivity index (χ1v) is 12.8. The predicted octanol–water partition coefficient (Wildman–Crippen LogP) is 2.41. The third kappa shape index (κ3) is 8.11. The van der Waals surface area contributed by atoms with Crippen molar-refractivity contribution in [2.24, 2.45) is 22.3 Å².